The van der Waals surface area contributed by atoms with Gasteiger partial charge in [0, 0.05) is 18.7 Å². The normalized spacial score (nSPS) is 9.38. The average molecular weight is 181 g/mol. The van der Waals surface area contributed by atoms with E-state index in [1.165, 1.54) is 13.3 Å². The molecule has 4 nitrogen and oxygen atoms in total. The van der Waals surface area contributed by atoms with Crippen LogP contribution in [-0.4, -0.2) is 18.1 Å². The third kappa shape index (κ3) is 2.43. The van der Waals surface area contributed by atoms with E-state index < -0.39 is 0 Å². The lowest BCUT2D eigenvalue weighted by molar-refractivity contribution is -0.134. The summed E-state index contributed by atoms with van der Waals surface area (Å²) in [6.07, 6.45) is 3.35. The molecule has 13 heavy (non-hydrogen) atoms. The van der Waals surface area contributed by atoms with Crippen molar-refractivity contribution in [2.24, 2.45) is 0 Å². The lowest BCUT2D eigenvalue weighted by atomic mass is 10.4. The van der Waals surface area contributed by atoms with E-state index in [2.05, 4.69) is 4.98 Å². The molecule has 0 N–H and O–H groups in total. The van der Waals surface area contributed by atoms with E-state index in [4.69, 9.17) is 9.47 Å². The second-order valence-corrected chi connectivity index (χ2v) is 2.35. The summed E-state index contributed by atoms with van der Waals surface area (Å²) < 4.78 is 9.93. The van der Waals surface area contributed by atoms with Crippen LogP contribution < -0.4 is 9.47 Å². The van der Waals surface area contributed by atoms with E-state index in [1.807, 2.05) is 0 Å². The van der Waals surface area contributed by atoms with Crippen LogP contribution in [0.25, 0.3) is 0 Å². The molecule has 1 aromatic heterocycles. The summed E-state index contributed by atoms with van der Waals surface area (Å²) >= 11 is 0. The molecule has 0 aromatic carbocycles. The number of aromatic nitrogens is 1. The maximum absolute atomic E-state index is 10.9. The fourth-order valence-electron chi connectivity index (χ4n) is 0.807. The van der Waals surface area contributed by atoms with Gasteiger partial charge in [-0.15, -0.1) is 0 Å². The smallest absolute Gasteiger partial charge is 0.311 e. The number of pyridine rings is 1. The zero-order valence-corrected chi connectivity index (χ0v) is 7.61. The predicted octanol–water partition coefficient (Wildman–Crippen LogP) is 1.41. The van der Waals surface area contributed by atoms with Crippen molar-refractivity contribution in [2.45, 2.75) is 13.3 Å². The molecule has 0 bridgehead atoms. The van der Waals surface area contributed by atoms with E-state index >= 15 is 0 Å². The van der Waals surface area contributed by atoms with Crippen molar-refractivity contribution in [1.82, 2.24) is 4.98 Å². The van der Waals surface area contributed by atoms with Crippen LogP contribution in [0.15, 0.2) is 18.5 Å². The highest BCUT2D eigenvalue weighted by atomic mass is 16.6. The number of ether oxygens (including phenoxy) is 2. The predicted molar refractivity (Wildman–Crippen MR) is 46.7 cm³/mol. The number of rotatable bonds is 3. The minimum absolute atomic E-state index is 0.300. The molecule has 0 amide bonds. The highest BCUT2D eigenvalue weighted by Crippen LogP contribution is 2.24. The van der Waals surface area contributed by atoms with Gasteiger partial charge in [-0.25, -0.2) is 0 Å². The fourth-order valence-corrected chi connectivity index (χ4v) is 0.807. The van der Waals surface area contributed by atoms with Gasteiger partial charge < -0.3 is 9.47 Å². The summed E-state index contributed by atoms with van der Waals surface area (Å²) in [6.45, 7) is 1.73. The van der Waals surface area contributed by atoms with Gasteiger partial charge in [-0.05, 0) is 0 Å². The molecule has 70 valence electrons. The largest absolute Gasteiger partial charge is 0.493 e. The van der Waals surface area contributed by atoms with Crippen LogP contribution in [0.5, 0.6) is 11.5 Å². The van der Waals surface area contributed by atoms with Gasteiger partial charge in [0.1, 0.15) is 0 Å². The van der Waals surface area contributed by atoms with Gasteiger partial charge in [0.2, 0.25) is 0 Å². The molecule has 0 aliphatic heterocycles. The first-order chi connectivity index (χ1) is 6.27. The van der Waals surface area contributed by atoms with E-state index in [1.54, 1.807) is 19.2 Å². The van der Waals surface area contributed by atoms with Gasteiger partial charge >= 0.3 is 5.97 Å². The number of hydrogen-bond acceptors (Lipinski definition) is 4. The topological polar surface area (TPSA) is 48.4 Å². The minimum atomic E-state index is -0.300. The van der Waals surface area contributed by atoms with Crippen LogP contribution in [0.2, 0.25) is 0 Å². The Bertz CT molecular complexity index is 299. The van der Waals surface area contributed by atoms with Crippen LogP contribution in [0.1, 0.15) is 13.3 Å². The van der Waals surface area contributed by atoms with Crippen molar-refractivity contribution in [3.63, 3.8) is 0 Å². The molecule has 0 saturated heterocycles. The van der Waals surface area contributed by atoms with Gasteiger partial charge in [-0.2, -0.15) is 0 Å². The number of carbonyl (C=O) groups excluding carboxylic acids is 1. The second-order valence-electron chi connectivity index (χ2n) is 2.35. The maximum atomic E-state index is 10.9. The lowest BCUT2D eigenvalue weighted by Crippen LogP contribution is -2.06. The Morgan fingerprint density at radius 2 is 2.31 bits per heavy atom. The molecule has 4 heteroatoms. The molecule has 1 heterocycles. The Kier molecular flexibility index (Phi) is 3.25. The van der Waals surface area contributed by atoms with Crippen molar-refractivity contribution in [2.75, 3.05) is 7.11 Å². The zero-order chi connectivity index (χ0) is 9.68. The number of methoxy groups -OCH3 is 1. The van der Waals surface area contributed by atoms with Crippen molar-refractivity contribution >= 4 is 5.97 Å². The molecule has 0 radical (unpaired) electrons. The summed E-state index contributed by atoms with van der Waals surface area (Å²) in [5, 5.41) is 0. The monoisotopic (exact) mass is 181 g/mol. The third-order valence-corrected chi connectivity index (χ3v) is 1.48. The minimum Gasteiger partial charge on any atom is -0.493 e. The molecular weight excluding hydrogens is 170 g/mol. The van der Waals surface area contributed by atoms with E-state index in [0.717, 1.165) is 0 Å². The average Bonchev–Trinajstić information content (AvgIpc) is 2.18. The summed E-state index contributed by atoms with van der Waals surface area (Å²) in [5.74, 6) is 0.569. The van der Waals surface area contributed by atoms with Crippen LogP contribution in [-0.2, 0) is 4.79 Å². The Balaban J connectivity index is 2.81. The van der Waals surface area contributed by atoms with Gasteiger partial charge in [0.15, 0.2) is 11.5 Å². The van der Waals surface area contributed by atoms with Gasteiger partial charge in [-0.3, -0.25) is 9.78 Å². The Hall–Kier alpha value is -1.58. The first kappa shape index (κ1) is 9.51. The molecule has 0 aliphatic carbocycles. The second kappa shape index (κ2) is 4.45. The molecule has 0 saturated carbocycles. The fraction of sp³-hybridized carbons (Fsp3) is 0.333. The van der Waals surface area contributed by atoms with E-state index in [0.29, 0.717) is 17.9 Å². The summed E-state index contributed by atoms with van der Waals surface area (Å²) in [7, 11) is 1.51. The van der Waals surface area contributed by atoms with Gasteiger partial charge in [-0.1, -0.05) is 6.92 Å². The Labute approximate surface area is 76.5 Å². The zero-order valence-electron chi connectivity index (χ0n) is 7.61. The number of nitrogens with zero attached hydrogens (tertiary/aromatic N) is 1. The Morgan fingerprint density at radius 1 is 1.54 bits per heavy atom. The molecule has 1 rings (SSSR count). The number of carbonyl (C=O) groups is 1. The molecular formula is C9H11NO3. The number of hydrogen-bond donors (Lipinski definition) is 0. The highest BCUT2D eigenvalue weighted by molar-refractivity contribution is 5.72. The first-order valence-corrected chi connectivity index (χ1v) is 3.96. The van der Waals surface area contributed by atoms with E-state index in [9.17, 15) is 4.79 Å². The van der Waals surface area contributed by atoms with Crippen LogP contribution in [0.3, 0.4) is 0 Å². The molecule has 0 atom stereocenters. The summed E-state index contributed by atoms with van der Waals surface area (Å²) in [5.41, 5.74) is 0. The number of esters is 1. The SMILES string of the molecule is CCC(=O)Oc1cnccc1OC. The van der Waals surface area contributed by atoms with Crippen molar-refractivity contribution < 1.29 is 14.3 Å². The third-order valence-electron chi connectivity index (χ3n) is 1.48. The maximum Gasteiger partial charge on any atom is 0.311 e. The summed E-state index contributed by atoms with van der Waals surface area (Å²) in [4.78, 5) is 14.8. The van der Waals surface area contributed by atoms with Crippen LogP contribution >= 0.6 is 0 Å². The standard InChI is InChI=1S/C9H11NO3/c1-3-9(11)13-8-6-10-5-4-7(8)12-2/h4-6H,3H2,1-2H3. The molecule has 1 aromatic rings. The van der Waals surface area contributed by atoms with Gasteiger partial charge in [0.05, 0.1) is 13.3 Å². The molecule has 0 fully saturated rings. The molecule has 0 spiro atoms. The molecule has 0 unspecified atom stereocenters. The Morgan fingerprint density at radius 3 is 2.92 bits per heavy atom. The molecule has 0 aliphatic rings. The van der Waals surface area contributed by atoms with Gasteiger partial charge in [0.25, 0.3) is 0 Å². The van der Waals surface area contributed by atoms with Crippen LogP contribution in [0, 0.1) is 0 Å². The van der Waals surface area contributed by atoms with Crippen molar-refractivity contribution in [1.29, 1.82) is 0 Å². The quantitative estimate of drug-likeness (QED) is 0.661. The lowest BCUT2D eigenvalue weighted by Gasteiger charge is -2.06. The first-order valence-electron chi connectivity index (χ1n) is 3.96. The van der Waals surface area contributed by atoms with Crippen molar-refractivity contribution in [3.8, 4) is 11.5 Å². The van der Waals surface area contributed by atoms with Crippen LogP contribution in [0.4, 0.5) is 0 Å². The van der Waals surface area contributed by atoms with Crippen molar-refractivity contribution in [3.05, 3.63) is 18.5 Å². The highest BCUT2D eigenvalue weighted by Gasteiger charge is 2.07. The summed E-state index contributed by atoms with van der Waals surface area (Å²) in [6, 6.07) is 1.64. The van der Waals surface area contributed by atoms with E-state index in [-0.39, 0.29) is 5.97 Å².